The van der Waals surface area contributed by atoms with Crippen LogP contribution in [0.2, 0.25) is 0 Å². The highest BCUT2D eigenvalue weighted by atomic mass is 16.3. The van der Waals surface area contributed by atoms with E-state index >= 15 is 0 Å². The number of hydrogen-bond donors (Lipinski definition) is 4. The molecule has 0 aliphatic heterocycles. The predicted molar refractivity (Wildman–Crippen MR) is 118 cm³/mol. The van der Waals surface area contributed by atoms with E-state index in [2.05, 4.69) is 24.5 Å². The van der Waals surface area contributed by atoms with Gasteiger partial charge in [-0.15, -0.1) is 0 Å². The average molecular weight is 387 g/mol. The number of aliphatic hydroxyl groups is 2. The minimum Gasteiger partial charge on any atom is -0.392 e. The Kier molecular flexibility index (Phi) is 22.0. The Morgan fingerprint density at radius 3 is 1.30 bits per heavy atom. The van der Waals surface area contributed by atoms with E-state index in [-0.39, 0.29) is 12.2 Å². The first-order chi connectivity index (χ1) is 13.2. The fourth-order valence-corrected chi connectivity index (χ4v) is 3.40. The summed E-state index contributed by atoms with van der Waals surface area (Å²) >= 11 is 0. The molecule has 0 saturated carbocycles. The van der Waals surface area contributed by atoms with Gasteiger partial charge < -0.3 is 20.8 Å². The van der Waals surface area contributed by atoms with Crippen molar-refractivity contribution >= 4 is 0 Å². The molecule has 0 spiro atoms. The van der Waals surface area contributed by atoms with E-state index in [1.54, 1.807) is 0 Å². The van der Waals surface area contributed by atoms with Gasteiger partial charge in [-0.3, -0.25) is 0 Å². The van der Waals surface area contributed by atoms with Crippen LogP contribution in [0.3, 0.4) is 0 Å². The zero-order valence-corrected chi connectivity index (χ0v) is 18.5. The van der Waals surface area contributed by atoms with Gasteiger partial charge in [-0.1, -0.05) is 90.9 Å². The lowest BCUT2D eigenvalue weighted by atomic mass is 10.1. The summed E-state index contributed by atoms with van der Waals surface area (Å²) in [5, 5.41) is 26.6. The second-order valence-electron chi connectivity index (χ2n) is 8.18. The van der Waals surface area contributed by atoms with Gasteiger partial charge in [0.05, 0.1) is 12.2 Å². The first kappa shape index (κ1) is 26.8. The molecule has 0 aromatic carbocycles. The zero-order chi connectivity index (χ0) is 20.0. The molecule has 0 aliphatic rings. The number of aliphatic hydroxyl groups excluding tert-OH is 2. The van der Waals surface area contributed by atoms with Crippen molar-refractivity contribution in [3.63, 3.8) is 0 Å². The van der Waals surface area contributed by atoms with Crippen LogP contribution in [0.5, 0.6) is 0 Å². The zero-order valence-electron chi connectivity index (χ0n) is 18.5. The maximum absolute atomic E-state index is 9.97. The van der Waals surface area contributed by atoms with Crippen LogP contribution in [0, 0.1) is 0 Å². The SMILES string of the molecule is CCCCCCCCC(O)CNCCCNCC(O)CCCCCCCC. The number of rotatable bonds is 22. The molecule has 0 bridgehead atoms. The first-order valence-electron chi connectivity index (χ1n) is 12.0. The van der Waals surface area contributed by atoms with Gasteiger partial charge in [-0.25, -0.2) is 0 Å². The van der Waals surface area contributed by atoms with Gasteiger partial charge in [0.25, 0.3) is 0 Å². The minimum absolute atomic E-state index is 0.205. The van der Waals surface area contributed by atoms with E-state index < -0.39 is 0 Å². The predicted octanol–water partition coefficient (Wildman–Crippen LogP) is 4.78. The van der Waals surface area contributed by atoms with Crippen molar-refractivity contribution in [1.82, 2.24) is 10.6 Å². The Morgan fingerprint density at radius 1 is 0.519 bits per heavy atom. The highest BCUT2D eigenvalue weighted by Crippen LogP contribution is 2.09. The van der Waals surface area contributed by atoms with Gasteiger partial charge in [-0.05, 0) is 32.4 Å². The summed E-state index contributed by atoms with van der Waals surface area (Å²) in [5.41, 5.74) is 0. The Balaban J connectivity index is 3.24. The molecule has 27 heavy (non-hydrogen) atoms. The Morgan fingerprint density at radius 2 is 0.889 bits per heavy atom. The van der Waals surface area contributed by atoms with Crippen molar-refractivity contribution in [2.24, 2.45) is 0 Å². The molecular weight excluding hydrogens is 336 g/mol. The van der Waals surface area contributed by atoms with E-state index in [0.717, 1.165) is 45.2 Å². The third-order valence-electron chi connectivity index (χ3n) is 5.25. The summed E-state index contributed by atoms with van der Waals surface area (Å²) in [6.07, 6.45) is 17.8. The van der Waals surface area contributed by atoms with Crippen LogP contribution in [0.25, 0.3) is 0 Å². The molecule has 0 radical (unpaired) electrons. The molecule has 0 aromatic rings. The van der Waals surface area contributed by atoms with Crippen LogP contribution in [-0.2, 0) is 0 Å². The fraction of sp³-hybridized carbons (Fsp3) is 1.00. The van der Waals surface area contributed by atoms with Crippen LogP contribution in [0.15, 0.2) is 0 Å². The molecule has 0 rings (SSSR count). The lowest BCUT2D eigenvalue weighted by molar-refractivity contribution is 0.155. The molecule has 0 amide bonds. The van der Waals surface area contributed by atoms with Crippen LogP contribution >= 0.6 is 0 Å². The van der Waals surface area contributed by atoms with Crippen molar-refractivity contribution in [2.45, 2.75) is 122 Å². The lowest BCUT2D eigenvalue weighted by Crippen LogP contribution is -2.31. The van der Waals surface area contributed by atoms with Gasteiger partial charge in [0.1, 0.15) is 0 Å². The van der Waals surface area contributed by atoms with Gasteiger partial charge in [0.2, 0.25) is 0 Å². The number of unbranched alkanes of at least 4 members (excludes halogenated alkanes) is 10. The maximum Gasteiger partial charge on any atom is 0.0664 e. The lowest BCUT2D eigenvalue weighted by Gasteiger charge is -2.13. The smallest absolute Gasteiger partial charge is 0.0664 e. The molecule has 164 valence electrons. The number of nitrogens with one attached hydrogen (secondary N) is 2. The number of hydrogen-bond acceptors (Lipinski definition) is 4. The van der Waals surface area contributed by atoms with Crippen molar-refractivity contribution in [1.29, 1.82) is 0 Å². The van der Waals surface area contributed by atoms with Crippen LogP contribution in [0.1, 0.15) is 110 Å². The second kappa shape index (κ2) is 22.1. The van der Waals surface area contributed by atoms with Crippen LogP contribution in [0.4, 0.5) is 0 Å². The molecule has 2 unspecified atom stereocenters. The normalized spacial score (nSPS) is 13.8. The summed E-state index contributed by atoms with van der Waals surface area (Å²) in [6.45, 7) is 7.74. The molecule has 4 heteroatoms. The minimum atomic E-state index is -0.205. The summed E-state index contributed by atoms with van der Waals surface area (Å²) in [7, 11) is 0. The van der Waals surface area contributed by atoms with E-state index in [1.165, 1.54) is 64.2 Å². The van der Waals surface area contributed by atoms with E-state index in [0.29, 0.717) is 13.1 Å². The van der Waals surface area contributed by atoms with Crippen molar-refractivity contribution in [2.75, 3.05) is 26.2 Å². The molecule has 0 fully saturated rings. The van der Waals surface area contributed by atoms with E-state index in [1.807, 2.05) is 0 Å². The summed E-state index contributed by atoms with van der Waals surface area (Å²) in [5.74, 6) is 0. The third kappa shape index (κ3) is 22.0. The Labute approximate surface area is 169 Å². The molecular formula is C23H50N2O2. The molecule has 4 nitrogen and oxygen atoms in total. The standard InChI is InChI=1S/C23H50N2O2/c1-3-5-7-9-11-13-16-22(26)20-24-18-15-19-25-21-23(27)17-14-12-10-8-6-4-2/h22-27H,3-21H2,1-2H3. The highest BCUT2D eigenvalue weighted by molar-refractivity contribution is 4.63. The van der Waals surface area contributed by atoms with Gasteiger partial charge in [-0.2, -0.15) is 0 Å². The Hall–Kier alpha value is -0.160. The fourth-order valence-electron chi connectivity index (χ4n) is 3.40. The summed E-state index contributed by atoms with van der Waals surface area (Å²) in [4.78, 5) is 0. The monoisotopic (exact) mass is 386 g/mol. The van der Waals surface area contributed by atoms with Crippen molar-refractivity contribution in [3.05, 3.63) is 0 Å². The third-order valence-corrected chi connectivity index (χ3v) is 5.25. The molecule has 0 saturated heterocycles. The van der Waals surface area contributed by atoms with E-state index in [9.17, 15) is 10.2 Å². The van der Waals surface area contributed by atoms with Crippen LogP contribution < -0.4 is 10.6 Å². The molecule has 2 atom stereocenters. The topological polar surface area (TPSA) is 64.5 Å². The molecule has 0 heterocycles. The molecule has 0 aromatic heterocycles. The molecule has 0 aliphatic carbocycles. The molecule has 4 N–H and O–H groups in total. The van der Waals surface area contributed by atoms with E-state index in [4.69, 9.17) is 0 Å². The van der Waals surface area contributed by atoms with Crippen molar-refractivity contribution < 1.29 is 10.2 Å². The maximum atomic E-state index is 9.97. The first-order valence-corrected chi connectivity index (χ1v) is 12.0. The van der Waals surface area contributed by atoms with Gasteiger partial charge in [0, 0.05) is 13.1 Å². The van der Waals surface area contributed by atoms with Crippen molar-refractivity contribution in [3.8, 4) is 0 Å². The largest absolute Gasteiger partial charge is 0.392 e. The highest BCUT2D eigenvalue weighted by Gasteiger charge is 2.04. The van der Waals surface area contributed by atoms with Crippen LogP contribution in [-0.4, -0.2) is 48.6 Å². The quantitative estimate of drug-likeness (QED) is 0.202. The second-order valence-corrected chi connectivity index (χ2v) is 8.18. The summed E-state index contributed by atoms with van der Waals surface area (Å²) in [6, 6.07) is 0. The average Bonchev–Trinajstić information content (AvgIpc) is 2.66. The Bertz CT molecular complexity index is 251. The summed E-state index contributed by atoms with van der Waals surface area (Å²) < 4.78 is 0. The van der Waals surface area contributed by atoms with Gasteiger partial charge >= 0.3 is 0 Å². The van der Waals surface area contributed by atoms with Gasteiger partial charge in [0.15, 0.2) is 0 Å².